The second-order valence-electron chi connectivity index (χ2n) is 9.38. The number of alkyl halides is 1. The lowest BCUT2D eigenvalue weighted by molar-refractivity contribution is -0.131. The van der Waals surface area contributed by atoms with Crippen molar-refractivity contribution in [2.75, 3.05) is 85.4 Å². The van der Waals surface area contributed by atoms with Gasteiger partial charge < -0.3 is 39.2 Å². The van der Waals surface area contributed by atoms with Gasteiger partial charge in [-0.2, -0.15) is 0 Å². The SMILES string of the molecule is COc1ccc2c(c1)[C@@H](COCCOCCOCCOCCN=[N+]=[N-])CN(C(=O)CSC1NC(=O)NCC1Cl)[C@@H]2C. The molecule has 1 fully saturated rings. The summed E-state index contributed by atoms with van der Waals surface area (Å²) in [6.07, 6.45) is 0. The molecule has 2 N–H and O–H groups in total. The molecule has 4 atom stereocenters. The van der Waals surface area contributed by atoms with Crippen LogP contribution >= 0.6 is 23.4 Å². The molecular formula is C26H39ClN6O7S. The number of methoxy groups -OCH3 is 1. The Morgan fingerprint density at radius 1 is 1.12 bits per heavy atom. The van der Waals surface area contributed by atoms with Crippen molar-refractivity contribution in [2.45, 2.75) is 29.6 Å². The number of ether oxygens (including phenoxy) is 5. The summed E-state index contributed by atoms with van der Waals surface area (Å²) < 4.78 is 27.7. The topological polar surface area (TPSA) is 156 Å². The van der Waals surface area contributed by atoms with Crippen molar-refractivity contribution in [2.24, 2.45) is 5.11 Å². The fraction of sp³-hybridized carbons (Fsp3) is 0.692. The summed E-state index contributed by atoms with van der Waals surface area (Å²) in [6.45, 7) is 6.54. The van der Waals surface area contributed by atoms with E-state index in [1.807, 2.05) is 30.0 Å². The van der Waals surface area contributed by atoms with Gasteiger partial charge in [-0.05, 0) is 35.7 Å². The fourth-order valence-corrected chi connectivity index (χ4v) is 5.87. The Morgan fingerprint density at radius 2 is 1.80 bits per heavy atom. The van der Waals surface area contributed by atoms with Gasteiger partial charge >= 0.3 is 6.03 Å². The highest BCUT2D eigenvalue weighted by Gasteiger charge is 2.35. The summed E-state index contributed by atoms with van der Waals surface area (Å²) >= 11 is 7.67. The third-order valence-corrected chi connectivity index (χ3v) is 8.44. The molecule has 15 heteroatoms. The van der Waals surface area contributed by atoms with E-state index < -0.39 is 0 Å². The Labute approximate surface area is 249 Å². The number of benzene rings is 1. The number of azide groups is 1. The Balaban J connectivity index is 1.43. The molecule has 0 radical (unpaired) electrons. The van der Waals surface area contributed by atoms with Crippen LogP contribution in [0.25, 0.3) is 10.4 Å². The molecule has 3 amide bonds. The van der Waals surface area contributed by atoms with Crippen LogP contribution in [0.4, 0.5) is 4.79 Å². The minimum Gasteiger partial charge on any atom is -0.497 e. The highest BCUT2D eigenvalue weighted by Crippen LogP contribution is 2.38. The maximum atomic E-state index is 13.3. The van der Waals surface area contributed by atoms with Crippen LogP contribution in [0.5, 0.6) is 5.75 Å². The monoisotopic (exact) mass is 614 g/mol. The van der Waals surface area contributed by atoms with Crippen molar-refractivity contribution in [1.82, 2.24) is 15.5 Å². The molecule has 2 aliphatic heterocycles. The first-order chi connectivity index (χ1) is 19.9. The van der Waals surface area contributed by atoms with Crippen LogP contribution in [0.1, 0.15) is 30.0 Å². The average Bonchev–Trinajstić information content (AvgIpc) is 2.98. The van der Waals surface area contributed by atoms with Gasteiger partial charge in [-0.1, -0.05) is 11.2 Å². The molecule has 0 saturated carbocycles. The molecule has 41 heavy (non-hydrogen) atoms. The van der Waals surface area contributed by atoms with Crippen molar-refractivity contribution in [3.05, 3.63) is 39.8 Å². The minimum atomic E-state index is -0.334. The molecule has 0 aromatic heterocycles. The number of urea groups is 1. The zero-order valence-electron chi connectivity index (χ0n) is 23.5. The number of fused-ring (bicyclic) bond motifs is 1. The molecule has 1 saturated heterocycles. The van der Waals surface area contributed by atoms with Gasteiger partial charge in [-0.15, -0.1) is 23.4 Å². The van der Waals surface area contributed by atoms with E-state index in [1.165, 1.54) is 11.8 Å². The lowest BCUT2D eigenvalue weighted by Crippen LogP contribution is -2.54. The minimum absolute atomic E-state index is 0.0185. The molecule has 1 aromatic carbocycles. The predicted molar refractivity (Wildman–Crippen MR) is 156 cm³/mol. The maximum Gasteiger partial charge on any atom is 0.315 e. The van der Waals surface area contributed by atoms with Gasteiger partial charge in [0, 0.05) is 30.5 Å². The highest BCUT2D eigenvalue weighted by atomic mass is 35.5. The molecule has 2 heterocycles. The largest absolute Gasteiger partial charge is 0.497 e. The van der Waals surface area contributed by atoms with Gasteiger partial charge in [0.05, 0.1) is 82.5 Å². The van der Waals surface area contributed by atoms with E-state index in [0.29, 0.717) is 72.5 Å². The summed E-state index contributed by atoms with van der Waals surface area (Å²) in [5.74, 6) is 0.910. The number of carbonyl (C=O) groups excluding carboxylic acids is 2. The fourth-order valence-electron chi connectivity index (χ4n) is 4.53. The lowest BCUT2D eigenvalue weighted by Gasteiger charge is -2.40. The van der Waals surface area contributed by atoms with Crippen molar-refractivity contribution in [1.29, 1.82) is 0 Å². The molecule has 3 rings (SSSR count). The number of thioether (sulfide) groups is 1. The standard InChI is InChI=1S/C26H39ClN6O7S/c1-18-21-4-3-20(36-2)13-22(21)19(15-33(18)24(34)17-41-25-23(27)14-29-26(35)31-25)16-40-12-11-39-10-9-38-8-7-37-6-5-30-32-28/h3-4,13,18-19,23,25H,5-12,14-17H2,1-2H3,(H2,29,31,35)/t18-,19-,23?,25?/m1/s1. The van der Waals surface area contributed by atoms with Gasteiger partial charge in [0.15, 0.2) is 0 Å². The summed E-state index contributed by atoms with van der Waals surface area (Å²) in [5.41, 5.74) is 10.4. The lowest BCUT2D eigenvalue weighted by atomic mass is 9.86. The molecule has 0 aliphatic carbocycles. The van der Waals surface area contributed by atoms with E-state index >= 15 is 0 Å². The second-order valence-corrected chi connectivity index (χ2v) is 11.1. The van der Waals surface area contributed by atoms with Gasteiger partial charge in [0.2, 0.25) is 5.91 Å². The molecular weight excluding hydrogens is 576 g/mol. The quantitative estimate of drug-likeness (QED) is 0.0840. The second kappa shape index (κ2) is 18.2. The number of amides is 3. The number of nitrogens with one attached hydrogen (secondary N) is 2. The van der Waals surface area contributed by atoms with Crippen molar-refractivity contribution in [3.8, 4) is 5.75 Å². The Morgan fingerprint density at radius 3 is 2.49 bits per heavy atom. The van der Waals surface area contributed by atoms with Crippen LogP contribution in [-0.2, 0) is 23.7 Å². The van der Waals surface area contributed by atoms with Gasteiger partial charge in [-0.25, -0.2) is 4.79 Å². The number of carbonyl (C=O) groups is 2. The van der Waals surface area contributed by atoms with Crippen LogP contribution in [0.15, 0.2) is 23.3 Å². The predicted octanol–water partition coefficient (Wildman–Crippen LogP) is 3.04. The first-order valence-electron chi connectivity index (χ1n) is 13.5. The molecule has 228 valence electrons. The van der Waals surface area contributed by atoms with Crippen LogP contribution in [0.3, 0.4) is 0 Å². The van der Waals surface area contributed by atoms with Crippen molar-refractivity contribution < 1.29 is 33.3 Å². The summed E-state index contributed by atoms with van der Waals surface area (Å²) in [7, 11) is 1.64. The van der Waals surface area contributed by atoms with E-state index in [1.54, 1.807) is 7.11 Å². The van der Waals surface area contributed by atoms with Gasteiger partial charge in [-0.3, -0.25) is 4.79 Å². The Kier molecular flexibility index (Phi) is 14.6. The number of halogens is 1. The maximum absolute atomic E-state index is 13.3. The zero-order valence-corrected chi connectivity index (χ0v) is 25.0. The Hall–Kier alpha value is -2.45. The third kappa shape index (κ3) is 10.7. The van der Waals surface area contributed by atoms with Crippen molar-refractivity contribution >= 4 is 35.3 Å². The first-order valence-corrected chi connectivity index (χ1v) is 15.0. The summed E-state index contributed by atoms with van der Waals surface area (Å²) in [4.78, 5) is 29.5. The van der Waals surface area contributed by atoms with Crippen LogP contribution in [0, 0.1) is 0 Å². The smallest absolute Gasteiger partial charge is 0.315 e. The molecule has 1 aromatic rings. The number of rotatable bonds is 18. The average molecular weight is 615 g/mol. The molecule has 2 aliphatic rings. The number of nitrogens with zero attached hydrogens (tertiary/aromatic N) is 4. The van der Waals surface area contributed by atoms with E-state index in [9.17, 15) is 9.59 Å². The molecule has 0 spiro atoms. The third-order valence-electron chi connectivity index (χ3n) is 6.67. The zero-order chi connectivity index (χ0) is 29.5. The van der Waals surface area contributed by atoms with E-state index in [-0.39, 0.29) is 40.4 Å². The number of hydrogen-bond donors (Lipinski definition) is 2. The molecule has 0 bridgehead atoms. The van der Waals surface area contributed by atoms with E-state index in [4.69, 9.17) is 40.8 Å². The molecule has 2 unspecified atom stereocenters. The normalized spacial score (nSPS) is 21.8. The van der Waals surface area contributed by atoms with E-state index in [2.05, 4.69) is 20.7 Å². The van der Waals surface area contributed by atoms with Crippen molar-refractivity contribution in [3.63, 3.8) is 0 Å². The Bertz CT molecular complexity index is 1030. The summed E-state index contributed by atoms with van der Waals surface area (Å²) in [5, 5.41) is 8.18. The van der Waals surface area contributed by atoms with E-state index in [0.717, 1.165) is 16.9 Å². The van der Waals surface area contributed by atoms with Gasteiger partial charge in [0.25, 0.3) is 0 Å². The van der Waals surface area contributed by atoms with Crippen LogP contribution in [-0.4, -0.2) is 113 Å². The number of hydrogen-bond acceptors (Lipinski definition) is 9. The van der Waals surface area contributed by atoms with Crippen LogP contribution in [0.2, 0.25) is 0 Å². The summed E-state index contributed by atoms with van der Waals surface area (Å²) in [6, 6.07) is 5.54. The van der Waals surface area contributed by atoms with Gasteiger partial charge in [0.1, 0.15) is 5.75 Å². The van der Waals surface area contributed by atoms with Crippen LogP contribution < -0.4 is 15.4 Å². The molecule has 13 nitrogen and oxygen atoms in total. The highest BCUT2D eigenvalue weighted by molar-refractivity contribution is 8.00. The first kappa shape index (κ1) is 33.1.